The zero-order valence-corrected chi connectivity index (χ0v) is 12.2. The molecule has 0 amide bonds. The molecular weight excluding hydrogens is 262 g/mol. The van der Waals surface area contributed by atoms with Crippen LogP contribution in [-0.4, -0.2) is 18.1 Å². The number of aryl methyl sites for hydroxylation is 1. The number of ether oxygens (including phenoxy) is 1. The summed E-state index contributed by atoms with van der Waals surface area (Å²) >= 11 is 0. The zero-order valence-electron chi connectivity index (χ0n) is 12.2. The molecule has 0 aliphatic carbocycles. The van der Waals surface area contributed by atoms with Crippen molar-refractivity contribution in [3.63, 3.8) is 0 Å². The summed E-state index contributed by atoms with van der Waals surface area (Å²) in [5.41, 5.74) is 2.69. The van der Waals surface area contributed by atoms with Crippen LogP contribution in [-0.2, 0) is 6.54 Å². The third-order valence-corrected chi connectivity index (χ3v) is 3.14. The number of nitriles is 1. The largest absolute Gasteiger partial charge is 0.477 e. The summed E-state index contributed by atoms with van der Waals surface area (Å²) in [6.07, 6.45) is 2.53. The van der Waals surface area contributed by atoms with Crippen molar-refractivity contribution in [2.24, 2.45) is 0 Å². The van der Waals surface area contributed by atoms with Gasteiger partial charge in [-0.25, -0.2) is 4.98 Å². The van der Waals surface area contributed by atoms with Crippen molar-refractivity contribution in [2.75, 3.05) is 13.2 Å². The van der Waals surface area contributed by atoms with Gasteiger partial charge in [-0.2, -0.15) is 5.26 Å². The van der Waals surface area contributed by atoms with E-state index in [1.807, 2.05) is 31.2 Å². The number of nitrogens with zero attached hydrogens (tertiary/aromatic N) is 2. The first-order valence-corrected chi connectivity index (χ1v) is 7.04. The van der Waals surface area contributed by atoms with Gasteiger partial charge >= 0.3 is 0 Å². The monoisotopic (exact) mass is 281 g/mol. The minimum atomic E-state index is 0.431. The van der Waals surface area contributed by atoms with Gasteiger partial charge in [-0.05, 0) is 37.1 Å². The predicted octanol–water partition coefficient (Wildman–Crippen LogP) is 2.82. The first-order chi connectivity index (χ1) is 10.3. The molecule has 4 heteroatoms. The maximum absolute atomic E-state index is 9.08. The van der Waals surface area contributed by atoms with E-state index < -0.39 is 0 Å². The first-order valence-electron chi connectivity index (χ1n) is 7.04. The van der Waals surface area contributed by atoms with Crippen LogP contribution in [0, 0.1) is 18.3 Å². The fourth-order valence-corrected chi connectivity index (χ4v) is 1.97. The minimum Gasteiger partial charge on any atom is -0.477 e. The standard InChI is InChI=1S/C17H19N3O/c1-14-8-10-20-17(16(14)12-18)21-11-5-9-19-13-15-6-3-2-4-7-15/h2-4,6-8,10,19H,5,9,11,13H2,1H3. The molecule has 21 heavy (non-hydrogen) atoms. The molecule has 2 aromatic rings. The molecule has 0 fully saturated rings. The highest BCUT2D eigenvalue weighted by atomic mass is 16.5. The van der Waals surface area contributed by atoms with E-state index >= 15 is 0 Å². The van der Waals surface area contributed by atoms with Gasteiger partial charge in [-0.3, -0.25) is 0 Å². The van der Waals surface area contributed by atoms with Gasteiger partial charge in [0.25, 0.3) is 0 Å². The molecular formula is C17H19N3O. The highest BCUT2D eigenvalue weighted by molar-refractivity contribution is 5.43. The number of aromatic nitrogens is 1. The number of hydrogen-bond acceptors (Lipinski definition) is 4. The summed E-state index contributed by atoms with van der Waals surface area (Å²) in [7, 11) is 0. The summed E-state index contributed by atoms with van der Waals surface area (Å²) in [6, 6.07) is 14.2. The smallest absolute Gasteiger partial charge is 0.231 e. The fraction of sp³-hybridized carbons (Fsp3) is 0.294. The predicted molar refractivity (Wildman–Crippen MR) is 81.9 cm³/mol. The Morgan fingerprint density at radius 1 is 1.24 bits per heavy atom. The van der Waals surface area contributed by atoms with Gasteiger partial charge < -0.3 is 10.1 Å². The van der Waals surface area contributed by atoms with E-state index in [0.717, 1.165) is 25.1 Å². The van der Waals surface area contributed by atoms with E-state index in [2.05, 4.69) is 28.5 Å². The second-order valence-corrected chi connectivity index (χ2v) is 4.78. The number of pyridine rings is 1. The Morgan fingerprint density at radius 3 is 2.81 bits per heavy atom. The summed E-state index contributed by atoms with van der Waals surface area (Å²) in [5.74, 6) is 0.431. The summed E-state index contributed by atoms with van der Waals surface area (Å²) in [5, 5.41) is 12.4. The maximum Gasteiger partial charge on any atom is 0.231 e. The molecule has 1 N–H and O–H groups in total. The molecule has 1 aromatic carbocycles. The van der Waals surface area contributed by atoms with Crippen LogP contribution in [0.25, 0.3) is 0 Å². The Hall–Kier alpha value is -2.38. The van der Waals surface area contributed by atoms with Gasteiger partial charge in [0.1, 0.15) is 11.6 Å². The molecule has 0 saturated heterocycles. The second kappa shape index (κ2) is 8.03. The Kier molecular flexibility index (Phi) is 5.74. The molecule has 2 rings (SSSR count). The average Bonchev–Trinajstić information content (AvgIpc) is 2.52. The molecule has 108 valence electrons. The van der Waals surface area contributed by atoms with E-state index in [4.69, 9.17) is 10.00 Å². The van der Waals surface area contributed by atoms with Gasteiger partial charge in [0.05, 0.1) is 6.61 Å². The Labute approximate surface area is 125 Å². The lowest BCUT2D eigenvalue weighted by Gasteiger charge is -2.08. The van der Waals surface area contributed by atoms with E-state index in [0.29, 0.717) is 18.1 Å². The van der Waals surface area contributed by atoms with Crippen LogP contribution in [0.4, 0.5) is 0 Å². The third kappa shape index (κ3) is 4.59. The highest BCUT2D eigenvalue weighted by Gasteiger charge is 2.07. The molecule has 4 nitrogen and oxygen atoms in total. The Bertz CT molecular complexity index is 605. The molecule has 0 atom stereocenters. The van der Waals surface area contributed by atoms with Crippen molar-refractivity contribution in [3.05, 3.63) is 59.3 Å². The van der Waals surface area contributed by atoms with Crippen LogP contribution in [0.2, 0.25) is 0 Å². The van der Waals surface area contributed by atoms with Gasteiger partial charge in [0.15, 0.2) is 0 Å². The van der Waals surface area contributed by atoms with Crippen molar-refractivity contribution in [1.82, 2.24) is 10.3 Å². The first kappa shape index (κ1) is 15.0. The van der Waals surface area contributed by atoms with Gasteiger partial charge in [-0.15, -0.1) is 0 Å². The van der Waals surface area contributed by atoms with Crippen LogP contribution in [0.5, 0.6) is 5.88 Å². The molecule has 1 heterocycles. The van der Waals surface area contributed by atoms with Crippen LogP contribution in [0.1, 0.15) is 23.1 Å². The Morgan fingerprint density at radius 2 is 2.05 bits per heavy atom. The van der Waals surface area contributed by atoms with Gasteiger partial charge in [0.2, 0.25) is 5.88 Å². The maximum atomic E-state index is 9.08. The average molecular weight is 281 g/mol. The molecule has 0 bridgehead atoms. The normalized spacial score (nSPS) is 10.1. The summed E-state index contributed by atoms with van der Waals surface area (Å²) in [6.45, 7) is 4.15. The van der Waals surface area contributed by atoms with Crippen LogP contribution in [0.15, 0.2) is 42.6 Å². The molecule has 0 spiro atoms. The van der Waals surface area contributed by atoms with Crippen molar-refractivity contribution in [2.45, 2.75) is 19.9 Å². The van der Waals surface area contributed by atoms with Crippen molar-refractivity contribution >= 4 is 0 Å². The number of nitrogens with one attached hydrogen (secondary N) is 1. The number of rotatable bonds is 7. The van der Waals surface area contributed by atoms with E-state index in [-0.39, 0.29) is 0 Å². The van der Waals surface area contributed by atoms with E-state index in [1.54, 1.807) is 6.20 Å². The van der Waals surface area contributed by atoms with Crippen molar-refractivity contribution in [3.8, 4) is 11.9 Å². The number of hydrogen-bond donors (Lipinski definition) is 1. The summed E-state index contributed by atoms with van der Waals surface area (Å²) < 4.78 is 5.59. The number of benzene rings is 1. The minimum absolute atomic E-state index is 0.431. The van der Waals surface area contributed by atoms with Crippen molar-refractivity contribution < 1.29 is 4.74 Å². The summed E-state index contributed by atoms with van der Waals surface area (Å²) in [4.78, 5) is 4.11. The van der Waals surface area contributed by atoms with E-state index in [9.17, 15) is 0 Å². The van der Waals surface area contributed by atoms with Gasteiger partial charge in [-0.1, -0.05) is 30.3 Å². The Balaban J connectivity index is 1.69. The molecule has 0 aliphatic heterocycles. The van der Waals surface area contributed by atoms with Gasteiger partial charge in [0, 0.05) is 12.7 Å². The quantitative estimate of drug-likeness (QED) is 0.793. The molecule has 0 saturated carbocycles. The highest BCUT2D eigenvalue weighted by Crippen LogP contribution is 2.17. The third-order valence-electron chi connectivity index (χ3n) is 3.14. The SMILES string of the molecule is Cc1ccnc(OCCCNCc2ccccc2)c1C#N. The lowest BCUT2D eigenvalue weighted by Crippen LogP contribution is -2.17. The lowest BCUT2D eigenvalue weighted by atomic mass is 10.2. The molecule has 0 radical (unpaired) electrons. The fourth-order valence-electron chi connectivity index (χ4n) is 1.97. The molecule has 0 aliphatic rings. The van der Waals surface area contributed by atoms with Crippen LogP contribution < -0.4 is 10.1 Å². The van der Waals surface area contributed by atoms with Crippen LogP contribution >= 0.6 is 0 Å². The second-order valence-electron chi connectivity index (χ2n) is 4.78. The topological polar surface area (TPSA) is 57.9 Å². The molecule has 0 unspecified atom stereocenters. The van der Waals surface area contributed by atoms with E-state index in [1.165, 1.54) is 5.56 Å². The zero-order chi connectivity index (χ0) is 14.9. The molecule has 1 aromatic heterocycles. The lowest BCUT2D eigenvalue weighted by molar-refractivity contribution is 0.295. The van der Waals surface area contributed by atoms with Crippen molar-refractivity contribution in [1.29, 1.82) is 5.26 Å². The van der Waals surface area contributed by atoms with Crippen LogP contribution in [0.3, 0.4) is 0 Å².